The largest absolute Gasteiger partial charge is 0.453 e. The van der Waals surface area contributed by atoms with Crippen LogP contribution >= 0.6 is 11.3 Å². The highest BCUT2D eigenvalue weighted by molar-refractivity contribution is 7.88. The second kappa shape index (κ2) is 7.45. The van der Waals surface area contributed by atoms with Gasteiger partial charge in [0.15, 0.2) is 0 Å². The van der Waals surface area contributed by atoms with Crippen molar-refractivity contribution in [2.75, 3.05) is 14.1 Å². The van der Waals surface area contributed by atoms with E-state index in [1.807, 2.05) is 41.8 Å². The van der Waals surface area contributed by atoms with Crippen molar-refractivity contribution in [3.63, 3.8) is 0 Å². The summed E-state index contributed by atoms with van der Waals surface area (Å²) in [7, 11) is -0.820. The summed E-state index contributed by atoms with van der Waals surface area (Å²) in [6, 6.07) is 14.2. The van der Waals surface area contributed by atoms with E-state index in [-0.39, 0.29) is 17.5 Å². The summed E-state index contributed by atoms with van der Waals surface area (Å²) in [5.74, 6) is -0.219. The summed E-state index contributed by atoms with van der Waals surface area (Å²) in [6.07, 6.45) is 0. The maximum absolute atomic E-state index is 12.4. The molecule has 136 valence electrons. The number of thiophene rings is 1. The van der Waals surface area contributed by atoms with Crippen LogP contribution in [0.4, 0.5) is 0 Å². The molecule has 2 heterocycles. The Morgan fingerprint density at radius 3 is 2.54 bits per heavy atom. The van der Waals surface area contributed by atoms with E-state index >= 15 is 0 Å². The van der Waals surface area contributed by atoms with Gasteiger partial charge in [-0.05, 0) is 29.1 Å². The van der Waals surface area contributed by atoms with E-state index < -0.39 is 16.0 Å². The Hall–Kier alpha value is -2.42. The maximum atomic E-state index is 12.4. The number of esters is 1. The van der Waals surface area contributed by atoms with E-state index in [4.69, 9.17) is 9.15 Å². The van der Waals surface area contributed by atoms with Crippen LogP contribution in [0.15, 0.2) is 63.4 Å². The van der Waals surface area contributed by atoms with Gasteiger partial charge in [-0.25, -0.2) is 17.5 Å². The molecule has 0 bridgehead atoms. The Balaban J connectivity index is 1.72. The van der Waals surface area contributed by atoms with E-state index in [9.17, 15) is 13.2 Å². The molecule has 0 spiro atoms. The first kappa shape index (κ1) is 18.4. The van der Waals surface area contributed by atoms with E-state index in [0.717, 1.165) is 15.4 Å². The van der Waals surface area contributed by atoms with E-state index in [1.54, 1.807) is 0 Å². The lowest BCUT2D eigenvalue weighted by Crippen LogP contribution is -2.21. The smallest absolute Gasteiger partial charge is 0.349 e. The summed E-state index contributed by atoms with van der Waals surface area (Å²) >= 11 is 1.29. The number of rotatable bonds is 6. The molecule has 0 saturated heterocycles. The molecule has 0 saturated carbocycles. The highest BCUT2D eigenvalue weighted by atomic mass is 32.2. The average molecular weight is 391 g/mol. The SMILES string of the molecule is CN(C)S(=O)(=O)c1ccc(COC(=O)c2sccc2-c2ccccc2)o1. The first-order chi connectivity index (χ1) is 12.4. The summed E-state index contributed by atoms with van der Waals surface area (Å²) in [5, 5.41) is 1.64. The van der Waals surface area contributed by atoms with Crippen molar-refractivity contribution in [3.8, 4) is 11.1 Å². The molecule has 2 aromatic heterocycles. The van der Waals surface area contributed by atoms with Crippen molar-refractivity contribution in [2.24, 2.45) is 0 Å². The Bertz CT molecular complexity index is 1000. The minimum absolute atomic E-state index is 0.145. The van der Waals surface area contributed by atoms with Gasteiger partial charge in [0.1, 0.15) is 17.2 Å². The molecule has 1 aromatic carbocycles. The summed E-state index contributed by atoms with van der Waals surface area (Å²) in [4.78, 5) is 12.9. The van der Waals surface area contributed by atoms with Gasteiger partial charge >= 0.3 is 5.97 Å². The van der Waals surface area contributed by atoms with Gasteiger partial charge in [-0.3, -0.25) is 0 Å². The molecular formula is C18H17NO5S2. The molecule has 0 aliphatic rings. The normalized spacial score (nSPS) is 11.7. The lowest BCUT2D eigenvalue weighted by molar-refractivity contribution is 0.0447. The monoisotopic (exact) mass is 391 g/mol. The Labute approximate surface area is 155 Å². The maximum Gasteiger partial charge on any atom is 0.349 e. The minimum atomic E-state index is -3.65. The predicted molar refractivity (Wildman–Crippen MR) is 98.5 cm³/mol. The van der Waals surface area contributed by atoms with Crippen molar-refractivity contribution >= 4 is 27.3 Å². The molecule has 0 aliphatic heterocycles. The number of nitrogens with zero attached hydrogens (tertiary/aromatic N) is 1. The molecule has 8 heteroatoms. The van der Waals surface area contributed by atoms with Crippen LogP contribution in [0, 0.1) is 0 Å². The van der Waals surface area contributed by atoms with Gasteiger partial charge < -0.3 is 9.15 Å². The fourth-order valence-corrected chi connectivity index (χ4v) is 3.89. The number of carbonyl (C=O) groups is 1. The van der Waals surface area contributed by atoms with Crippen molar-refractivity contribution in [1.82, 2.24) is 4.31 Å². The molecule has 3 aromatic rings. The van der Waals surface area contributed by atoms with Gasteiger partial charge in [0.25, 0.3) is 10.0 Å². The molecule has 0 atom stereocenters. The molecule has 0 fully saturated rings. The zero-order chi connectivity index (χ0) is 18.7. The molecule has 0 N–H and O–H groups in total. The van der Waals surface area contributed by atoms with Crippen LogP contribution in [0.5, 0.6) is 0 Å². The van der Waals surface area contributed by atoms with Gasteiger partial charge in [0.05, 0.1) is 0 Å². The number of carbonyl (C=O) groups excluding carboxylic acids is 1. The molecular weight excluding hydrogens is 374 g/mol. The topological polar surface area (TPSA) is 76.8 Å². The van der Waals surface area contributed by atoms with Crippen LogP contribution in [0.1, 0.15) is 15.4 Å². The second-order valence-corrected chi connectivity index (χ2v) is 8.61. The number of furan rings is 1. The Kier molecular flexibility index (Phi) is 5.26. The summed E-state index contributed by atoms with van der Waals surface area (Å²) in [6.45, 7) is -0.145. The molecule has 0 amide bonds. The fourth-order valence-electron chi connectivity index (χ4n) is 2.27. The third-order valence-corrected chi connectivity index (χ3v) is 6.24. The number of ether oxygens (including phenoxy) is 1. The molecule has 0 unspecified atom stereocenters. The quantitative estimate of drug-likeness (QED) is 0.600. The lowest BCUT2D eigenvalue weighted by Gasteiger charge is -2.08. The zero-order valence-electron chi connectivity index (χ0n) is 14.2. The van der Waals surface area contributed by atoms with Gasteiger partial charge in [-0.15, -0.1) is 11.3 Å². The van der Waals surface area contributed by atoms with Crippen LogP contribution in [0.3, 0.4) is 0 Å². The van der Waals surface area contributed by atoms with Crippen LogP contribution in [0.2, 0.25) is 0 Å². The number of benzene rings is 1. The molecule has 0 aliphatic carbocycles. The number of hydrogen-bond acceptors (Lipinski definition) is 6. The van der Waals surface area contributed by atoms with E-state index in [0.29, 0.717) is 4.88 Å². The molecule has 6 nitrogen and oxygen atoms in total. The van der Waals surface area contributed by atoms with Crippen molar-refractivity contribution in [3.05, 3.63) is 64.5 Å². The molecule has 3 rings (SSSR count). The highest BCUT2D eigenvalue weighted by Gasteiger charge is 2.22. The fraction of sp³-hybridized carbons (Fsp3) is 0.167. The van der Waals surface area contributed by atoms with Crippen molar-refractivity contribution in [2.45, 2.75) is 11.7 Å². The Morgan fingerprint density at radius 2 is 1.85 bits per heavy atom. The van der Waals surface area contributed by atoms with Crippen LogP contribution in [-0.2, 0) is 21.4 Å². The number of hydrogen-bond donors (Lipinski definition) is 0. The standard InChI is InChI=1S/C18H17NO5S2/c1-19(2)26(21,22)16-9-8-14(24-16)12-23-18(20)17-15(10-11-25-17)13-6-4-3-5-7-13/h3-11H,12H2,1-2H3. The second-order valence-electron chi connectivity index (χ2n) is 5.61. The third kappa shape index (κ3) is 3.72. The summed E-state index contributed by atoms with van der Waals surface area (Å²) in [5.41, 5.74) is 1.73. The zero-order valence-corrected chi connectivity index (χ0v) is 15.8. The first-order valence-electron chi connectivity index (χ1n) is 7.71. The first-order valence-corrected chi connectivity index (χ1v) is 10.0. The molecule has 26 heavy (non-hydrogen) atoms. The van der Waals surface area contributed by atoms with Gasteiger partial charge in [-0.1, -0.05) is 30.3 Å². The van der Waals surface area contributed by atoms with Crippen molar-refractivity contribution in [1.29, 1.82) is 0 Å². The third-order valence-electron chi connectivity index (χ3n) is 3.65. The van der Waals surface area contributed by atoms with Crippen LogP contribution < -0.4 is 0 Å². The number of sulfonamides is 1. The lowest BCUT2D eigenvalue weighted by atomic mass is 10.1. The Morgan fingerprint density at radius 1 is 1.12 bits per heavy atom. The van der Waals surface area contributed by atoms with Crippen molar-refractivity contribution < 1.29 is 22.4 Å². The van der Waals surface area contributed by atoms with E-state index in [1.165, 1.54) is 37.6 Å². The predicted octanol–water partition coefficient (Wildman–Crippen LogP) is 3.62. The minimum Gasteiger partial charge on any atom is -0.453 e. The highest BCUT2D eigenvalue weighted by Crippen LogP contribution is 2.29. The van der Waals surface area contributed by atoms with Gasteiger partial charge in [-0.2, -0.15) is 0 Å². The van der Waals surface area contributed by atoms with Crippen LogP contribution in [-0.4, -0.2) is 32.8 Å². The summed E-state index contributed by atoms with van der Waals surface area (Å²) < 4.78 is 35.6. The molecule has 0 radical (unpaired) electrons. The van der Waals surface area contributed by atoms with Gasteiger partial charge in [0.2, 0.25) is 5.09 Å². The van der Waals surface area contributed by atoms with Crippen LogP contribution in [0.25, 0.3) is 11.1 Å². The van der Waals surface area contributed by atoms with Gasteiger partial charge in [0, 0.05) is 19.7 Å². The average Bonchev–Trinajstić information content (AvgIpc) is 3.30. The van der Waals surface area contributed by atoms with E-state index in [2.05, 4.69) is 0 Å².